The SMILES string of the molecule is C.CCOC(=O)c1cnn(-c2ccc(C#N)n3nccc23)c1C(F)(F)F. The van der Waals surface area contributed by atoms with Crippen molar-refractivity contribution in [3.05, 3.63) is 47.5 Å². The number of hydrogen-bond acceptors (Lipinski definition) is 5. The largest absolute Gasteiger partial charge is 0.462 e. The molecule has 3 aromatic rings. The summed E-state index contributed by atoms with van der Waals surface area (Å²) >= 11 is 0. The third kappa shape index (κ3) is 2.99. The molecule has 10 heteroatoms. The number of pyridine rings is 1. The molecule has 0 saturated heterocycles. The number of nitriles is 1. The van der Waals surface area contributed by atoms with Gasteiger partial charge in [-0.25, -0.2) is 14.0 Å². The number of carbonyl (C=O) groups is 1. The average molecular weight is 365 g/mol. The summed E-state index contributed by atoms with van der Waals surface area (Å²) in [7, 11) is 0. The first-order chi connectivity index (χ1) is 11.9. The van der Waals surface area contributed by atoms with Gasteiger partial charge in [-0.15, -0.1) is 0 Å². The van der Waals surface area contributed by atoms with Gasteiger partial charge in [-0.05, 0) is 25.1 Å². The third-order valence-electron chi connectivity index (χ3n) is 3.41. The van der Waals surface area contributed by atoms with Crippen LogP contribution in [0.2, 0.25) is 0 Å². The molecule has 0 saturated carbocycles. The number of halogens is 3. The molecule has 136 valence electrons. The maximum atomic E-state index is 13.6. The molecule has 0 aliphatic rings. The minimum atomic E-state index is -4.84. The van der Waals surface area contributed by atoms with Gasteiger partial charge in [0.25, 0.3) is 0 Å². The normalized spacial score (nSPS) is 11.0. The lowest BCUT2D eigenvalue weighted by molar-refractivity contribution is -0.143. The summed E-state index contributed by atoms with van der Waals surface area (Å²) in [5.74, 6) is -1.11. The molecule has 0 aromatic carbocycles. The quantitative estimate of drug-likeness (QED) is 0.665. The summed E-state index contributed by atoms with van der Waals surface area (Å²) in [6.07, 6.45) is -2.68. The number of hydrogen-bond donors (Lipinski definition) is 0. The van der Waals surface area contributed by atoms with Gasteiger partial charge in [0.1, 0.15) is 17.3 Å². The number of alkyl halides is 3. The van der Waals surface area contributed by atoms with E-state index in [1.54, 1.807) is 0 Å². The second-order valence-electron chi connectivity index (χ2n) is 4.88. The van der Waals surface area contributed by atoms with E-state index < -0.39 is 23.4 Å². The number of carbonyl (C=O) groups excluding carboxylic acids is 1. The maximum Gasteiger partial charge on any atom is 0.434 e. The summed E-state index contributed by atoms with van der Waals surface area (Å²) in [4.78, 5) is 11.8. The Labute approximate surface area is 146 Å². The average Bonchev–Trinajstić information content (AvgIpc) is 3.20. The van der Waals surface area contributed by atoms with Gasteiger partial charge in [0.2, 0.25) is 0 Å². The summed E-state index contributed by atoms with van der Waals surface area (Å²) in [5, 5.41) is 16.7. The Morgan fingerprint density at radius 3 is 2.65 bits per heavy atom. The van der Waals surface area contributed by atoms with Crippen molar-refractivity contribution in [1.29, 1.82) is 5.26 Å². The summed E-state index contributed by atoms with van der Waals surface area (Å²) < 4.78 is 47.1. The molecule has 7 nitrogen and oxygen atoms in total. The first-order valence-electron chi connectivity index (χ1n) is 7.08. The first kappa shape index (κ1) is 19.0. The van der Waals surface area contributed by atoms with Gasteiger partial charge in [-0.2, -0.15) is 28.6 Å². The van der Waals surface area contributed by atoms with Crippen molar-refractivity contribution in [2.24, 2.45) is 0 Å². The number of nitrogens with zero attached hydrogens (tertiary/aromatic N) is 5. The molecule has 0 spiro atoms. The van der Waals surface area contributed by atoms with Crippen LogP contribution in [0.25, 0.3) is 11.2 Å². The summed E-state index contributed by atoms with van der Waals surface area (Å²) in [5.41, 5.74) is -1.52. The van der Waals surface area contributed by atoms with Crippen LogP contribution >= 0.6 is 0 Å². The number of ether oxygens (including phenoxy) is 1. The van der Waals surface area contributed by atoms with Crippen LogP contribution in [0.15, 0.2) is 30.6 Å². The van der Waals surface area contributed by atoms with Gasteiger partial charge in [0, 0.05) is 0 Å². The number of rotatable bonds is 3. The molecule has 3 rings (SSSR count). The van der Waals surface area contributed by atoms with Crippen LogP contribution in [0.4, 0.5) is 13.2 Å². The van der Waals surface area contributed by atoms with Gasteiger partial charge >= 0.3 is 12.1 Å². The molecule has 0 amide bonds. The van der Waals surface area contributed by atoms with Crippen molar-refractivity contribution < 1.29 is 22.7 Å². The predicted octanol–water partition coefficient (Wildman–Crippen LogP) is 3.22. The standard InChI is InChI=1S/C15H10F3N5O2.CH4/c1-2-25-14(24)10-8-21-23(13(10)15(16,17)18)11-4-3-9(7-19)22-12(11)5-6-20-22;/h3-6,8H,2H2,1H3;1H4. The van der Waals surface area contributed by atoms with Gasteiger partial charge in [0.05, 0.1) is 30.2 Å². The molecule has 26 heavy (non-hydrogen) atoms. The molecule has 3 heterocycles. The van der Waals surface area contributed by atoms with E-state index >= 15 is 0 Å². The van der Waals surface area contributed by atoms with E-state index in [4.69, 9.17) is 5.26 Å². The number of aromatic nitrogens is 4. The van der Waals surface area contributed by atoms with Gasteiger partial charge in [-0.1, -0.05) is 7.43 Å². The summed E-state index contributed by atoms with van der Waals surface area (Å²) in [6, 6.07) is 5.97. The monoisotopic (exact) mass is 365 g/mol. The molecule has 0 radical (unpaired) electrons. The second kappa shape index (κ2) is 6.87. The highest BCUT2D eigenvalue weighted by atomic mass is 19.4. The fraction of sp³-hybridized carbons (Fsp3) is 0.250. The molecular weight excluding hydrogens is 351 g/mol. The van der Waals surface area contributed by atoms with Crippen LogP contribution in [-0.4, -0.2) is 32.0 Å². The maximum absolute atomic E-state index is 13.6. The summed E-state index contributed by atoms with van der Waals surface area (Å²) in [6.45, 7) is 1.43. The van der Waals surface area contributed by atoms with E-state index in [0.29, 0.717) is 4.68 Å². The van der Waals surface area contributed by atoms with Crippen molar-refractivity contribution in [2.75, 3.05) is 6.61 Å². The van der Waals surface area contributed by atoms with Crippen LogP contribution in [-0.2, 0) is 10.9 Å². The minimum Gasteiger partial charge on any atom is -0.462 e. The van der Waals surface area contributed by atoms with E-state index in [1.165, 1.54) is 35.8 Å². The Bertz CT molecular complexity index is 998. The van der Waals surface area contributed by atoms with Gasteiger partial charge in [-0.3, -0.25) is 0 Å². The lowest BCUT2D eigenvalue weighted by atomic mass is 10.2. The third-order valence-corrected chi connectivity index (χ3v) is 3.41. The van der Waals surface area contributed by atoms with Crippen molar-refractivity contribution in [2.45, 2.75) is 20.5 Å². The van der Waals surface area contributed by atoms with Crippen molar-refractivity contribution in [3.8, 4) is 11.8 Å². The topological polar surface area (TPSA) is 85.2 Å². The fourth-order valence-electron chi connectivity index (χ4n) is 2.43. The molecule has 3 aromatic heterocycles. The van der Waals surface area contributed by atoms with Crippen LogP contribution < -0.4 is 0 Å². The zero-order chi connectivity index (χ0) is 18.2. The molecule has 0 aliphatic heterocycles. The van der Waals surface area contributed by atoms with Crippen molar-refractivity contribution in [3.63, 3.8) is 0 Å². The zero-order valence-corrected chi connectivity index (χ0v) is 12.8. The fourth-order valence-corrected chi connectivity index (χ4v) is 2.43. The number of esters is 1. The smallest absolute Gasteiger partial charge is 0.434 e. The van der Waals surface area contributed by atoms with Crippen molar-refractivity contribution in [1.82, 2.24) is 19.4 Å². The zero-order valence-electron chi connectivity index (χ0n) is 12.8. The molecule has 0 N–H and O–H groups in total. The van der Waals surface area contributed by atoms with Crippen molar-refractivity contribution >= 4 is 11.5 Å². The molecule has 0 unspecified atom stereocenters. The van der Waals surface area contributed by atoms with E-state index in [1.807, 2.05) is 6.07 Å². The lowest BCUT2D eigenvalue weighted by Crippen LogP contribution is -2.19. The van der Waals surface area contributed by atoms with Gasteiger partial charge in [0.15, 0.2) is 5.69 Å². The Morgan fingerprint density at radius 1 is 1.31 bits per heavy atom. The molecule has 0 fully saturated rings. The first-order valence-corrected chi connectivity index (χ1v) is 7.08. The molecule has 0 aliphatic carbocycles. The van der Waals surface area contributed by atoms with E-state index in [-0.39, 0.29) is 30.9 Å². The van der Waals surface area contributed by atoms with E-state index in [9.17, 15) is 18.0 Å². The number of fused-ring (bicyclic) bond motifs is 1. The van der Waals surface area contributed by atoms with Crippen LogP contribution in [0, 0.1) is 11.3 Å². The van der Waals surface area contributed by atoms with Crippen LogP contribution in [0.3, 0.4) is 0 Å². The Morgan fingerprint density at radius 2 is 2.04 bits per heavy atom. The molecule has 0 atom stereocenters. The highest BCUT2D eigenvalue weighted by molar-refractivity contribution is 5.91. The lowest BCUT2D eigenvalue weighted by Gasteiger charge is -2.13. The van der Waals surface area contributed by atoms with E-state index in [0.717, 1.165) is 6.20 Å². The Kier molecular flexibility index (Phi) is 5.02. The van der Waals surface area contributed by atoms with Crippen LogP contribution in [0.1, 0.15) is 36.1 Å². The molecular formula is C16H14F3N5O2. The second-order valence-corrected chi connectivity index (χ2v) is 4.88. The van der Waals surface area contributed by atoms with Gasteiger partial charge < -0.3 is 4.74 Å². The van der Waals surface area contributed by atoms with Crippen LogP contribution in [0.5, 0.6) is 0 Å². The Balaban J connectivity index is 0.00000243. The van der Waals surface area contributed by atoms with E-state index in [2.05, 4.69) is 14.9 Å². The predicted molar refractivity (Wildman–Crippen MR) is 84.7 cm³/mol. The molecule has 0 bridgehead atoms. The highest BCUT2D eigenvalue weighted by Gasteiger charge is 2.41. The minimum absolute atomic E-state index is 0. The Hall–Kier alpha value is -3.35. The highest BCUT2D eigenvalue weighted by Crippen LogP contribution is 2.34.